The third-order valence-electron chi connectivity index (χ3n) is 0.839. The number of aliphatic imine (C=N–C) groups is 1. The van der Waals surface area contributed by atoms with E-state index in [1.54, 1.807) is 12.4 Å². The number of hydrogen-bond acceptors (Lipinski definition) is 3. The summed E-state index contributed by atoms with van der Waals surface area (Å²) < 4.78 is 0.821. The smallest absolute Gasteiger partial charge is 0.210 e. The average Bonchev–Trinajstić information content (AvgIpc) is 1.80. The number of nitrogens with two attached hydrogens (primary N) is 1. The second-order valence-electron chi connectivity index (χ2n) is 1.55. The molecule has 1 aliphatic rings. The molecular formula is C4H5BrClN3. The Hall–Kier alpha value is -0.0600. The van der Waals surface area contributed by atoms with Gasteiger partial charge in [-0.3, -0.25) is 10.0 Å². The van der Waals surface area contributed by atoms with Gasteiger partial charge in [0.1, 0.15) is 0 Å². The molecule has 0 radical (unpaired) electrons. The predicted molar refractivity (Wildman–Crippen MR) is 41.2 cm³/mol. The minimum atomic E-state index is -0.466. The zero-order valence-electron chi connectivity index (χ0n) is 4.46. The van der Waals surface area contributed by atoms with Crippen molar-refractivity contribution in [1.82, 2.24) is 5.01 Å². The van der Waals surface area contributed by atoms with Gasteiger partial charge in [0.15, 0.2) is 0 Å². The lowest BCUT2D eigenvalue weighted by Crippen LogP contribution is -2.33. The molecule has 1 aliphatic heterocycles. The van der Waals surface area contributed by atoms with Crippen LogP contribution in [0.3, 0.4) is 0 Å². The topological polar surface area (TPSA) is 41.6 Å². The lowest BCUT2D eigenvalue weighted by atomic mass is 10.6. The Bertz CT molecular complexity index is 167. The average molecular weight is 210 g/mol. The minimum absolute atomic E-state index is 0.466. The monoisotopic (exact) mass is 209 g/mol. The van der Waals surface area contributed by atoms with E-state index in [2.05, 4.69) is 20.9 Å². The number of hydrogen-bond donors (Lipinski definition) is 1. The standard InChI is InChI=1S/C4H5BrClN3/c5-3-1-8-4(6)9(7)2-3/h1-2,4H,7H2. The van der Waals surface area contributed by atoms with Crippen LogP contribution in [0.5, 0.6) is 0 Å². The summed E-state index contributed by atoms with van der Waals surface area (Å²) in [5, 5.41) is 1.31. The van der Waals surface area contributed by atoms with Gasteiger partial charge in [-0.05, 0) is 15.9 Å². The maximum Gasteiger partial charge on any atom is 0.210 e. The third kappa shape index (κ3) is 1.67. The summed E-state index contributed by atoms with van der Waals surface area (Å²) in [5.41, 5.74) is -0.466. The Morgan fingerprint density at radius 3 is 3.00 bits per heavy atom. The van der Waals surface area contributed by atoms with Crippen LogP contribution in [-0.2, 0) is 0 Å². The van der Waals surface area contributed by atoms with E-state index in [4.69, 9.17) is 17.4 Å². The molecule has 1 unspecified atom stereocenters. The Morgan fingerprint density at radius 1 is 1.89 bits per heavy atom. The van der Waals surface area contributed by atoms with Gasteiger partial charge in [0, 0.05) is 12.4 Å². The highest BCUT2D eigenvalue weighted by Crippen LogP contribution is 2.12. The molecule has 2 N–H and O–H groups in total. The van der Waals surface area contributed by atoms with Crippen LogP contribution >= 0.6 is 27.5 Å². The maximum atomic E-state index is 5.57. The molecular weight excluding hydrogens is 205 g/mol. The second-order valence-corrected chi connectivity index (χ2v) is 2.86. The van der Waals surface area contributed by atoms with Gasteiger partial charge in [0.25, 0.3) is 0 Å². The van der Waals surface area contributed by atoms with E-state index >= 15 is 0 Å². The molecule has 0 fully saturated rings. The van der Waals surface area contributed by atoms with Gasteiger partial charge < -0.3 is 0 Å². The SMILES string of the molecule is NN1C=C(Br)C=NC1Cl. The van der Waals surface area contributed by atoms with E-state index in [1.165, 1.54) is 5.01 Å². The Kier molecular flexibility index (Phi) is 2.10. The molecule has 0 aromatic carbocycles. The van der Waals surface area contributed by atoms with Crippen molar-refractivity contribution in [3.05, 3.63) is 10.7 Å². The number of nitrogens with zero attached hydrogens (tertiary/aromatic N) is 2. The van der Waals surface area contributed by atoms with Crippen molar-refractivity contribution in [2.75, 3.05) is 0 Å². The summed E-state index contributed by atoms with van der Waals surface area (Å²) in [6.45, 7) is 0. The summed E-state index contributed by atoms with van der Waals surface area (Å²) in [6, 6.07) is 0. The second kappa shape index (κ2) is 2.68. The molecule has 9 heavy (non-hydrogen) atoms. The fraction of sp³-hybridized carbons (Fsp3) is 0.250. The van der Waals surface area contributed by atoms with Crippen LogP contribution < -0.4 is 5.84 Å². The van der Waals surface area contributed by atoms with Gasteiger partial charge >= 0.3 is 0 Å². The molecule has 3 nitrogen and oxygen atoms in total. The molecule has 1 atom stereocenters. The lowest BCUT2D eigenvalue weighted by molar-refractivity contribution is 0.368. The molecule has 5 heteroatoms. The zero-order valence-corrected chi connectivity index (χ0v) is 6.80. The van der Waals surface area contributed by atoms with Gasteiger partial charge in [-0.2, -0.15) is 0 Å². The first kappa shape index (κ1) is 7.05. The van der Waals surface area contributed by atoms with Crippen molar-refractivity contribution in [3.63, 3.8) is 0 Å². The van der Waals surface area contributed by atoms with Crippen LogP contribution in [0.15, 0.2) is 15.7 Å². The van der Waals surface area contributed by atoms with Gasteiger partial charge in [-0.1, -0.05) is 11.6 Å². The Labute approximate surface area is 66.3 Å². The summed E-state index contributed by atoms with van der Waals surface area (Å²) >= 11 is 8.76. The third-order valence-corrected chi connectivity index (χ3v) is 1.59. The Morgan fingerprint density at radius 2 is 2.56 bits per heavy atom. The number of halogens is 2. The van der Waals surface area contributed by atoms with E-state index in [-0.39, 0.29) is 0 Å². The van der Waals surface area contributed by atoms with E-state index in [0.29, 0.717) is 0 Å². The van der Waals surface area contributed by atoms with Crippen LogP contribution in [0.2, 0.25) is 0 Å². The molecule has 0 bridgehead atoms. The van der Waals surface area contributed by atoms with Crippen molar-refractivity contribution in [2.45, 2.75) is 5.62 Å². The molecule has 0 aromatic heterocycles. The number of hydrazine groups is 1. The van der Waals surface area contributed by atoms with E-state index in [9.17, 15) is 0 Å². The van der Waals surface area contributed by atoms with Crippen molar-refractivity contribution >= 4 is 33.7 Å². The van der Waals surface area contributed by atoms with Crippen LogP contribution in [0.25, 0.3) is 0 Å². The van der Waals surface area contributed by atoms with E-state index in [1.807, 2.05) is 0 Å². The molecule has 0 saturated heterocycles. The summed E-state index contributed by atoms with van der Waals surface area (Å²) in [7, 11) is 0. The van der Waals surface area contributed by atoms with Gasteiger partial charge in [0.05, 0.1) is 4.48 Å². The summed E-state index contributed by atoms with van der Waals surface area (Å²) in [5.74, 6) is 5.35. The first-order chi connectivity index (χ1) is 4.20. The summed E-state index contributed by atoms with van der Waals surface area (Å²) in [4.78, 5) is 3.82. The van der Waals surface area contributed by atoms with Gasteiger partial charge in [-0.25, -0.2) is 5.84 Å². The largest absolute Gasteiger partial charge is 0.279 e. The minimum Gasteiger partial charge on any atom is -0.279 e. The van der Waals surface area contributed by atoms with Gasteiger partial charge in [-0.15, -0.1) is 0 Å². The number of allylic oxidation sites excluding steroid dienone is 1. The van der Waals surface area contributed by atoms with Crippen molar-refractivity contribution in [3.8, 4) is 0 Å². The van der Waals surface area contributed by atoms with E-state index < -0.39 is 5.62 Å². The highest BCUT2D eigenvalue weighted by Gasteiger charge is 2.09. The van der Waals surface area contributed by atoms with Crippen molar-refractivity contribution in [1.29, 1.82) is 0 Å². The first-order valence-electron chi connectivity index (χ1n) is 2.28. The fourth-order valence-electron chi connectivity index (χ4n) is 0.447. The normalized spacial score (nSPS) is 26.3. The molecule has 0 saturated carbocycles. The molecule has 1 heterocycles. The molecule has 0 spiro atoms. The molecule has 0 aliphatic carbocycles. The molecule has 1 rings (SSSR count). The molecule has 0 amide bonds. The quantitative estimate of drug-likeness (QED) is 0.368. The van der Waals surface area contributed by atoms with Crippen LogP contribution in [0, 0.1) is 0 Å². The lowest BCUT2D eigenvalue weighted by Gasteiger charge is -2.19. The van der Waals surface area contributed by atoms with Gasteiger partial charge in [0.2, 0.25) is 5.62 Å². The van der Waals surface area contributed by atoms with Crippen LogP contribution in [0.1, 0.15) is 0 Å². The predicted octanol–water partition coefficient (Wildman–Crippen LogP) is 1.01. The highest BCUT2D eigenvalue weighted by molar-refractivity contribution is 9.12. The van der Waals surface area contributed by atoms with Crippen LogP contribution in [0.4, 0.5) is 0 Å². The number of alkyl halides is 1. The first-order valence-corrected chi connectivity index (χ1v) is 3.50. The summed E-state index contributed by atoms with van der Waals surface area (Å²) in [6.07, 6.45) is 3.27. The Balaban J connectivity index is 2.70. The fourth-order valence-corrected chi connectivity index (χ4v) is 0.914. The van der Waals surface area contributed by atoms with Crippen molar-refractivity contribution in [2.24, 2.45) is 10.8 Å². The van der Waals surface area contributed by atoms with Crippen molar-refractivity contribution < 1.29 is 0 Å². The molecule has 0 aromatic rings. The van der Waals surface area contributed by atoms with Crippen LogP contribution in [-0.4, -0.2) is 16.8 Å². The molecule has 50 valence electrons. The zero-order chi connectivity index (χ0) is 6.85. The number of rotatable bonds is 0. The maximum absolute atomic E-state index is 5.57. The highest BCUT2D eigenvalue weighted by atomic mass is 79.9. The van der Waals surface area contributed by atoms with E-state index in [0.717, 1.165) is 4.48 Å².